The Kier molecular flexibility index (Phi) is 18.4. The smallest absolute Gasteiger partial charge is 0.394 e. The predicted octanol–water partition coefficient (Wildman–Crippen LogP) is -9.73. The molecule has 0 amide bonds. The van der Waals surface area contributed by atoms with Crippen LogP contribution in [0, 0.1) is 0 Å². The molecule has 16 unspecified atom stereocenters. The first-order valence-corrected chi connectivity index (χ1v) is 18.2. The first-order valence-electron chi connectivity index (χ1n) is 16.9. The number of nitrogens with zero attached hydrogens (tertiary/aromatic N) is 2. The van der Waals surface area contributed by atoms with Gasteiger partial charge in [0.1, 0.15) is 73.2 Å². The van der Waals surface area contributed by atoms with E-state index in [0.717, 1.165) is 0 Å². The maximum atomic E-state index is 10.8. The van der Waals surface area contributed by atoms with Crippen LogP contribution in [0.5, 0.6) is 0 Å². The molecule has 2 saturated carbocycles. The molecule has 16 atom stereocenters. The molecule has 2 heterocycles. The van der Waals surface area contributed by atoms with Crippen LogP contribution in [0.2, 0.25) is 0 Å². The lowest BCUT2D eigenvalue weighted by molar-refractivity contribution is -0.293. The summed E-state index contributed by atoms with van der Waals surface area (Å²) in [4.78, 5) is 29.2. The van der Waals surface area contributed by atoms with Crippen molar-refractivity contribution in [2.75, 3.05) is 0 Å². The fraction of sp³-hybridized carbons (Fsp3) is 0.857. The predicted molar refractivity (Wildman–Crippen MR) is 184 cm³/mol. The monoisotopic (exact) mass is 856 g/mol. The second-order valence-electron chi connectivity index (χ2n) is 13.5. The Morgan fingerprint density at radius 3 is 1.02 bits per heavy atom. The van der Waals surface area contributed by atoms with Crippen molar-refractivity contribution in [1.82, 2.24) is 0 Å². The average Bonchev–Trinajstić information content (AvgIpc) is 3.11. The Labute approximate surface area is 323 Å². The van der Waals surface area contributed by atoms with Gasteiger partial charge in [0, 0.05) is 0 Å². The summed E-state index contributed by atoms with van der Waals surface area (Å²) in [6, 6.07) is -2.91. The van der Waals surface area contributed by atoms with E-state index in [1.54, 1.807) is 13.8 Å². The Balaban J connectivity index is 0.000000352. The third-order valence-electron chi connectivity index (χ3n) is 9.28. The number of nitrogens with two attached hydrogens (primary N) is 4. The fourth-order valence-electron chi connectivity index (χ4n) is 6.04. The van der Waals surface area contributed by atoms with Crippen LogP contribution < -0.4 is 22.9 Å². The van der Waals surface area contributed by atoms with Gasteiger partial charge in [0.05, 0.1) is 36.4 Å². The van der Waals surface area contributed by atoms with Crippen molar-refractivity contribution in [2.45, 2.75) is 149 Å². The summed E-state index contributed by atoms with van der Waals surface area (Å²) in [6.07, 6.45) is -23.3. The molecule has 0 radical (unpaired) electrons. The summed E-state index contributed by atoms with van der Waals surface area (Å²) in [5, 5.41) is 116. The number of rotatable bonds is 6. The Morgan fingerprint density at radius 1 is 0.561 bits per heavy atom. The van der Waals surface area contributed by atoms with E-state index < -0.39 is 156 Å². The molecule has 0 aromatic carbocycles. The maximum absolute atomic E-state index is 10.8. The second-order valence-corrected chi connectivity index (χ2v) is 14.4. The number of aliphatic imine (C=N–C) groups is 2. The highest BCUT2D eigenvalue weighted by molar-refractivity contribution is 7.79. The Hall–Kier alpha value is -2.89. The minimum absolute atomic E-state index is 0.145. The van der Waals surface area contributed by atoms with Crippen LogP contribution in [0.1, 0.15) is 26.7 Å². The third kappa shape index (κ3) is 13.6. The highest BCUT2D eigenvalue weighted by Crippen LogP contribution is 2.31. The fourth-order valence-corrected chi connectivity index (χ4v) is 6.04. The quantitative estimate of drug-likeness (QED) is 0.0670. The number of aliphatic hydroxyl groups is 10. The molecule has 57 heavy (non-hydrogen) atoms. The van der Waals surface area contributed by atoms with Gasteiger partial charge >= 0.3 is 22.3 Å². The van der Waals surface area contributed by atoms with E-state index in [1.165, 1.54) is 0 Å². The van der Waals surface area contributed by atoms with E-state index in [0.29, 0.717) is 0 Å². The van der Waals surface area contributed by atoms with Crippen molar-refractivity contribution in [2.24, 2.45) is 32.9 Å². The van der Waals surface area contributed by atoms with Crippen LogP contribution in [0.25, 0.3) is 0 Å². The number of aliphatic hydroxyl groups excluding tert-OH is 10. The van der Waals surface area contributed by atoms with Gasteiger partial charge < -0.3 is 103 Å². The van der Waals surface area contributed by atoms with Crippen LogP contribution in [-0.2, 0) is 38.9 Å². The lowest BCUT2D eigenvalue weighted by Gasteiger charge is -2.45. The minimum Gasteiger partial charge on any atom is -0.475 e. The van der Waals surface area contributed by atoms with Crippen LogP contribution >= 0.6 is 0 Å². The third-order valence-corrected chi connectivity index (χ3v) is 9.28. The first-order chi connectivity index (χ1) is 26.1. The molecule has 4 aliphatic rings. The largest absolute Gasteiger partial charge is 0.475 e. The van der Waals surface area contributed by atoms with Crippen molar-refractivity contribution in [3.8, 4) is 0 Å². The van der Waals surface area contributed by atoms with E-state index in [2.05, 4.69) is 9.98 Å². The Bertz CT molecular complexity index is 1380. The lowest BCUT2D eigenvalue weighted by atomic mass is 9.84. The normalized spacial score (nSPS) is 44.4. The van der Waals surface area contributed by atoms with Gasteiger partial charge in [0.25, 0.3) is 0 Å². The van der Waals surface area contributed by atoms with Crippen LogP contribution in [0.15, 0.2) is 9.98 Å². The first kappa shape index (κ1) is 50.3. The molecule has 2 aliphatic carbocycles. The molecule has 0 aromatic rings. The topological polar surface area (TPSA) is 517 Å². The number of carboxylic acids is 2. The SMILES string of the molecule is CC1OC(OC2C(O)C(O)C(O)C(O)C2O)C(N)CC1N=C(N)C(=O)O.CC1OC(OC2C(O)C(O)C(O)C(O)C2O)C(N)CC1N=C(N)C(=O)O.O=S(=O)(O)O. The number of ether oxygens (including phenoxy) is 4. The molecular formula is C28H52N6O22S. The number of carbonyl (C=O) groups is 2. The standard InChI is InChI=1S/2C14H25N3O9.H2O4S/c2*1-3-5(17-12(16)13(23)24)2-4(15)14(25-3)26-11-9(21)7(19)6(18)8(20)10(11)22;1-5(2,3)4/h2*3-11,14,18-22H,2,15H2,1H3,(H2,16,17)(H,23,24);(H2,1,2,3,4). The van der Waals surface area contributed by atoms with Crippen LogP contribution in [-0.4, -0.2) is 225 Å². The summed E-state index contributed by atoms with van der Waals surface area (Å²) < 4.78 is 53.6. The summed E-state index contributed by atoms with van der Waals surface area (Å²) in [6.45, 7) is 3.18. The number of hydrogen-bond acceptors (Lipinski definition) is 22. The van der Waals surface area contributed by atoms with E-state index in [4.69, 9.17) is 69.6 Å². The summed E-state index contributed by atoms with van der Waals surface area (Å²) in [7, 11) is -4.67. The van der Waals surface area contributed by atoms with Gasteiger partial charge in [-0.15, -0.1) is 0 Å². The molecule has 22 N–H and O–H groups in total. The summed E-state index contributed by atoms with van der Waals surface area (Å²) in [5.74, 6) is -3.93. The van der Waals surface area contributed by atoms with Gasteiger partial charge in [0.2, 0.25) is 11.7 Å². The van der Waals surface area contributed by atoms with Crippen molar-refractivity contribution >= 4 is 34.0 Å². The molecule has 4 fully saturated rings. The van der Waals surface area contributed by atoms with Crippen molar-refractivity contribution in [3.63, 3.8) is 0 Å². The minimum atomic E-state index is -4.67. The van der Waals surface area contributed by atoms with Crippen molar-refractivity contribution in [1.29, 1.82) is 0 Å². The Morgan fingerprint density at radius 2 is 0.789 bits per heavy atom. The second kappa shape index (κ2) is 20.9. The van der Waals surface area contributed by atoms with E-state index in [1.807, 2.05) is 0 Å². The lowest BCUT2D eigenvalue weighted by Crippen LogP contribution is -2.66. The number of amidine groups is 2. The summed E-state index contributed by atoms with van der Waals surface area (Å²) >= 11 is 0. The zero-order valence-electron chi connectivity index (χ0n) is 30.1. The molecule has 2 saturated heterocycles. The van der Waals surface area contributed by atoms with Gasteiger partial charge in [0.15, 0.2) is 12.6 Å². The average molecular weight is 857 g/mol. The van der Waals surface area contributed by atoms with Crippen molar-refractivity contribution < 1.29 is 107 Å². The molecule has 29 heteroatoms. The zero-order chi connectivity index (χ0) is 44.0. The molecule has 4 rings (SSSR count). The number of hydrogen-bond donors (Lipinski definition) is 18. The number of aliphatic carboxylic acids is 2. The van der Waals surface area contributed by atoms with Gasteiger partial charge in [-0.05, 0) is 26.7 Å². The van der Waals surface area contributed by atoms with E-state index in [-0.39, 0.29) is 12.8 Å². The van der Waals surface area contributed by atoms with Crippen molar-refractivity contribution in [3.05, 3.63) is 0 Å². The van der Waals surface area contributed by atoms with Crippen LogP contribution in [0.4, 0.5) is 0 Å². The molecule has 28 nitrogen and oxygen atoms in total. The molecule has 0 spiro atoms. The van der Waals surface area contributed by atoms with Gasteiger partial charge in [-0.25, -0.2) is 9.59 Å². The van der Waals surface area contributed by atoms with Gasteiger partial charge in [-0.2, -0.15) is 8.42 Å². The van der Waals surface area contributed by atoms with E-state index in [9.17, 15) is 60.7 Å². The highest BCUT2D eigenvalue weighted by atomic mass is 32.3. The van der Waals surface area contributed by atoms with Gasteiger partial charge in [-0.3, -0.25) is 19.1 Å². The maximum Gasteiger partial charge on any atom is 0.394 e. The highest BCUT2D eigenvalue weighted by Gasteiger charge is 2.52. The van der Waals surface area contributed by atoms with E-state index >= 15 is 0 Å². The molecule has 2 aliphatic heterocycles. The van der Waals surface area contributed by atoms with Gasteiger partial charge in [-0.1, -0.05) is 0 Å². The molecular weight excluding hydrogens is 804 g/mol. The summed E-state index contributed by atoms with van der Waals surface area (Å²) in [5.41, 5.74) is 22.5. The van der Waals surface area contributed by atoms with Crippen LogP contribution in [0.3, 0.4) is 0 Å². The zero-order valence-corrected chi connectivity index (χ0v) is 30.9. The molecule has 0 aromatic heterocycles. The number of carboxylic acid groups (broad SMARTS) is 2. The molecule has 332 valence electrons. The molecule has 0 bridgehead atoms.